The van der Waals surface area contributed by atoms with Gasteiger partial charge in [0.25, 0.3) is 0 Å². The lowest BCUT2D eigenvalue weighted by Gasteiger charge is -2.21. The number of halogens is 1. The van der Waals surface area contributed by atoms with Crippen LogP contribution in [0.15, 0.2) is 48.5 Å². The van der Waals surface area contributed by atoms with Crippen molar-refractivity contribution in [1.29, 1.82) is 0 Å². The van der Waals surface area contributed by atoms with Gasteiger partial charge in [0.1, 0.15) is 5.75 Å². The molecule has 132 valence electrons. The highest BCUT2D eigenvalue weighted by molar-refractivity contribution is 6.30. The van der Waals surface area contributed by atoms with Crippen molar-refractivity contribution in [2.45, 2.75) is 19.9 Å². The summed E-state index contributed by atoms with van der Waals surface area (Å²) in [6, 6.07) is 14.5. The zero-order valence-electron chi connectivity index (χ0n) is 14.3. The second-order valence-electron chi connectivity index (χ2n) is 5.49. The zero-order valence-corrected chi connectivity index (χ0v) is 15.0. The lowest BCUT2D eigenvalue weighted by atomic mass is 10.2. The second kappa shape index (κ2) is 9.08. The minimum absolute atomic E-state index is 0.125. The Labute approximate surface area is 152 Å². The smallest absolute Gasteiger partial charge is 0.223 e. The maximum Gasteiger partial charge on any atom is 0.223 e. The molecule has 6 heteroatoms. The van der Waals surface area contributed by atoms with E-state index in [1.165, 1.54) is 6.92 Å². The molecular formula is C19H21ClN2O3. The number of nitrogens with zero attached hydrogens (tertiary/aromatic N) is 1. The molecule has 2 rings (SSSR count). The molecule has 25 heavy (non-hydrogen) atoms. The molecule has 0 aliphatic carbocycles. The Bertz CT molecular complexity index is 732. The first-order chi connectivity index (χ1) is 12.0. The molecule has 5 nitrogen and oxygen atoms in total. The number of para-hydroxylation sites is 1. The first kappa shape index (κ1) is 18.8. The summed E-state index contributed by atoms with van der Waals surface area (Å²) in [5, 5.41) is 3.45. The summed E-state index contributed by atoms with van der Waals surface area (Å²) in [5.41, 5.74) is 1.62. The first-order valence-electron chi connectivity index (χ1n) is 7.93. The summed E-state index contributed by atoms with van der Waals surface area (Å²) in [5.74, 6) is 0.472. The van der Waals surface area contributed by atoms with E-state index in [-0.39, 0.29) is 18.2 Å². The summed E-state index contributed by atoms with van der Waals surface area (Å²) in [7, 11) is 1.59. The van der Waals surface area contributed by atoms with Crippen LogP contribution in [0.4, 0.5) is 5.69 Å². The third kappa shape index (κ3) is 5.50. The van der Waals surface area contributed by atoms with Gasteiger partial charge in [-0.15, -0.1) is 0 Å². The average molecular weight is 361 g/mol. The number of methoxy groups -OCH3 is 1. The molecule has 0 spiro atoms. The van der Waals surface area contributed by atoms with Crippen LogP contribution < -0.4 is 15.0 Å². The van der Waals surface area contributed by atoms with Gasteiger partial charge in [-0.1, -0.05) is 29.8 Å². The van der Waals surface area contributed by atoms with Crippen LogP contribution in [0.25, 0.3) is 0 Å². The molecule has 0 heterocycles. The van der Waals surface area contributed by atoms with Gasteiger partial charge in [-0.3, -0.25) is 9.59 Å². The third-order valence-corrected chi connectivity index (χ3v) is 4.00. The molecule has 0 saturated heterocycles. The molecule has 0 aromatic heterocycles. The minimum atomic E-state index is -0.133. The number of hydrogen-bond donors (Lipinski definition) is 1. The molecule has 0 saturated carbocycles. The lowest BCUT2D eigenvalue weighted by Crippen LogP contribution is -2.33. The normalized spacial score (nSPS) is 10.2. The molecule has 0 unspecified atom stereocenters. The van der Waals surface area contributed by atoms with Crippen molar-refractivity contribution < 1.29 is 14.3 Å². The maximum atomic E-state index is 12.1. The first-order valence-corrected chi connectivity index (χ1v) is 8.31. The topological polar surface area (TPSA) is 58.6 Å². The van der Waals surface area contributed by atoms with Gasteiger partial charge in [0, 0.05) is 42.7 Å². The molecule has 2 aromatic carbocycles. The molecule has 0 aliphatic heterocycles. The van der Waals surface area contributed by atoms with Crippen LogP contribution in [0, 0.1) is 0 Å². The molecule has 0 radical (unpaired) electrons. The van der Waals surface area contributed by atoms with Gasteiger partial charge in [-0.05, 0) is 30.3 Å². The summed E-state index contributed by atoms with van der Waals surface area (Å²) in [6.45, 7) is 2.15. The number of carbonyl (C=O) groups is 2. The predicted molar refractivity (Wildman–Crippen MR) is 98.9 cm³/mol. The van der Waals surface area contributed by atoms with Crippen LogP contribution in [-0.4, -0.2) is 25.5 Å². The Hall–Kier alpha value is -2.53. The van der Waals surface area contributed by atoms with Crippen molar-refractivity contribution in [3.63, 3.8) is 0 Å². The SMILES string of the molecule is COc1ccccc1CNC(=O)CCN(C(C)=O)c1ccc(Cl)cc1. The van der Waals surface area contributed by atoms with Gasteiger partial charge >= 0.3 is 0 Å². The number of carbonyl (C=O) groups excluding carboxylic acids is 2. The van der Waals surface area contributed by atoms with E-state index >= 15 is 0 Å². The quantitative estimate of drug-likeness (QED) is 0.823. The van der Waals surface area contributed by atoms with Gasteiger partial charge in [0.2, 0.25) is 11.8 Å². The molecular weight excluding hydrogens is 340 g/mol. The highest BCUT2D eigenvalue weighted by Crippen LogP contribution is 2.19. The van der Waals surface area contributed by atoms with Crippen LogP contribution >= 0.6 is 11.6 Å². The Morgan fingerprint density at radius 3 is 2.44 bits per heavy atom. The van der Waals surface area contributed by atoms with Crippen molar-refractivity contribution in [3.8, 4) is 5.75 Å². The van der Waals surface area contributed by atoms with Gasteiger partial charge < -0.3 is 15.0 Å². The number of amides is 2. The fourth-order valence-corrected chi connectivity index (χ4v) is 2.56. The number of anilines is 1. The minimum Gasteiger partial charge on any atom is -0.496 e. The Morgan fingerprint density at radius 2 is 1.80 bits per heavy atom. The number of hydrogen-bond acceptors (Lipinski definition) is 3. The van der Waals surface area contributed by atoms with E-state index in [0.717, 1.165) is 17.0 Å². The van der Waals surface area contributed by atoms with Crippen molar-refractivity contribution in [2.24, 2.45) is 0 Å². The molecule has 2 aromatic rings. The van der Waals surface area contributed by atoms with Crippen LogP contribution in [-0.2, 0) is 16.1 Å². The summed E-state index contributed by atoms with van der Waals surface area (Å²) < 4.78 is 5.26. The summed E-state index contributed by atoms with van der Waals surface area (Å²) >= 11 is 5.87. The average Bonchev–Trinajstić information content (AvgIpc) is 2.61. The van der Waals surface area contributed by atoms with E-state index in [2.05, 4.69) is 5.32 Å². The molecule has 1 N–H and O–H groups in total. The predicted octanol–water partition coefficient (Wildman–Crippen LogP) is 3.41. The van der Waals surface area contributed by atoms with Gasteiger partial charge in [0.15, 0.2) is 0 Å². The zero-order chi connectivity index (χ0) is 18.2. The maximum absolute atomic E-state index is 12.1. The van der Waals surface area contributed by atoms with E-state index in [1.54, 1.807) is 36.3 Å². The summed E-state index contributed by atoms with van der Waals surface area (Å²) in [6.07, 6.45) is 0.206. The van der Waals surface area contributed by atoms with E-state index in [9.17, 15) is 9.59 Å². The van der Waals surface area contributed by atoms with E-state index < -0.39 is 0 Å². The van der Waals surface area contributed by atoms with Gasteiger partial charge in [-0.2, -0.15) is 0 Å². The Morgan fingerprint density at radius 1 is 1.12 bits per heavy atom. The highest BCUT2D eigenvalue weighted by Gasteiger charge is 2.13. The standard InChI is InChI=1S/C19H21ClN2O3/c1-14(23)22(17-9-7-16(20)8-10-17)12-11-19(24)21-13-15-5-3-4-6-18(15)25-2/h3-10H,11-13H2,1-2H3,(H,21,24). The number of nitrogens with one attached hydrogen (secondary N) is 1. The molecule has 0 atom stereocenters. The summed E-state index contributed by atoms with van der Waals surface area (Å²) in [4.78, 5) is 25.5. The Balaban J connectivity index is 1.91. The highest BCUT2D eigenvalue weighted by atomic mass is 35.5. The lowest BCUT2D eigenvalue weighted by molar-refractivity contribution is -0.121. The fraction of sp³-hybridized carbons (Fsp3) is 0.263. The molecule has 0 aliphatic rings. The largest absolute Gasteiger partial charge is 0.496 e. The second-order valence-corrected chi connectivity index (χ2v) is 5.92. The van der Waals surface area contributed by atoms with Crippen LogP contribution in [0.1, 0.15) is 18.9 Å². The van der Waals surface area contributed by atoms with Gasteiger partial charge in [0.05, 0.1) is 7.11 Å². The number of ether oxygens (including phenoxy) is 1. The van der Waals surface area contributed by atoms with Crippen molar-refractivity contribution in [2.75, 3.05) is 18.6 Å². The molecule has 0 bridgehead atoms. The van der Waals surface area contributed by atoms with Crippen LogP contribution in [0.5, 0.6) is 5.75 Å². The number of rotatable bonds is 7. The van der Waals surface area contributed by atoms with E-state index in [1.807, 2.05) is 24.3 Å². The fourth-order valence-electron chi connectivity index (χ4n) is 2.43. The van der Waals surface area contributed by atoms with Crippen molar-refractivity contribution >= 4 is 29.1 Å². The number of benzene rings is 2. The van der Waals surface area contributed by atoms with Gasteiger partial charge in [-0.25, -0.2) is 0 Å². The molecule has 0 fully saturated rings. The molecule has 2 amide bonds. The van der Waals surface area contributed by atoms with E-state index in [4.69, 9.17) is 16.3 Å². The van der Waals surface area contributed by atoms with Crippen molar-refractivity contribution in [1.82, 2.24) is 5.32 Å². The third-order valence-electron chi connectivity index (χ3n) is 3.75. The van der Waals surface area contributed by atoms with Crippen LogP contribution in [0.3, 0.4) is 0 Å². The monoisotopic (exact) mass is 360 g/mol. The van der Waals surface area contributed by atoms with Crippen LogP contribution in [0.2, 0.25) is 5.02 Å². The Kier molecular flexibility index (Phi) is 6.83. The van der Waals surface area contributed by atoms with Crippen molar-refractivity contribution in [3.05, 3.63) is 59.1 Å². The van der Waals surface area contributed by atoms with E-state index in [0.29, 0.717) is 18.1 Å².